The second-order valence-corrected chi connectivity index (χ2v) is 3.41. The van der Waals surface area contributed by atoms with Crippen LogP contribution in [0.5, 0.6) is 0 Å². The van der Waals surface area contributed by atoms with Crippen LogP contribution in [0.25, 0.3) is 0 Å². The van der Waals surface area contributed by atoms with Gasteiger partial charge >= 0.3 is 0 Å². The van der Waals surface area contributed by atoms with Gasteiger partial charge in [-0.2, -0.15) is 0 Å². The highest BCUT2D eigenvalue weighted by Gasteiger charge is 1.94. The molecule has 0 saturated heterocycles. The topological polar surface area (TPSA) is 36.4 Å². The molecule has 0 unspecified atom stereocenters. The van der Waals surface area contributed by atoms with E-state index >= 15 is 0 Å². The highest BCUT2D eigenvalue weighted by molar-refractivity contribution is 7.80. The second-order valence-electron chi connectivity index (χ2n) is 3.02. The minimum absolute atomic E-state index is 0.512. The maximum atomic E-state index is 5.01. The van der Waals surface area contributed by atoms with Crippen LogP contribution in [0.4, 0.5) is 5.69 Å². The van der Waals surface area contributed by atoms with E-state index in [-0.39, 0.29) is 0 Å². The lowest BCUT2D eigenvalue weighted by atomic mass is 10.3. The van der Waals surface area contributed by atoms with E-state index in [0.29, 0.717) is 5.11 Å². The minimum Gasteiger partial charge on any atom is -0.361 e. The maximum Gasteiger partial charge on any atom is 0.194 e. The third kappa shape index (κ3) is 4.56. The molecule has 0 aliphatic carbocycles. The molecule has 3 nitrogen and oxygen atoms in total. The van der Waals surface area contributed by atoms with Crippen molar-refractivity contribution in [3.8, 4) is 0 Å². The normalized spacial score (nSPS) is 10.9. The van der Waals surface area contributed by atoms with Crippen molar-refractivity contribution < 1.29 is 0 Å². The number of nitrogens with one attached hydrogen (secondary N) is 2. The molecule has 0 radical (unpaired) electrons. The Labute approximate surface area is 95.6 Å². The Morgan fingerprint density at radius 1 is 1.33 bits per heavy atom. The van der Waals surface area contributed by atoms with Gasteiger partial charge in [0.05, 0.1) is 0 Å². The van der Waals surface area contributed by atoms with Crippen LogP contribution in [0.2, 0.25) is 0 Å². The molecule has 0 amide bonds. The lowest BCUT2D eigenvalue weighted by Gasteiger charge is -2.06. The SMILES string of the molecule is CCNC(=S)/N=C(\C)Nc1ccccc1. The van der Waals surface area contributed by atoms with Crippen molar-refractivity contribution in [3.63, 3.8) is 0 Å². The lowest BCUT2D eigenvalue weighted by molar-refractivity contribution is 0.973. The van der Waals surface area contributed by atoms with Crippen LogP contribution in [-0.2, 0) is 0 Å². The lowest BCUT2D eigenvalue weighted by Crippen LogP contribution is -2.21. The smallest absolute Gasteiger partial charge is 0.194 e. The number of aliphatic imine (C=N–C) groups is 1. The van der Waals surface area contributed by atoms with E-state index in [0.717, 1.165) is 18.1 Å². The minimum atomic E-state index is 0.512. The van der Waals surface area contributed by atoms with E-state index in [4.69, 9.17) is 12.2 Å². The molecule has 1 rings (SSSR count). The average molecular weight is 221 g/mol. The van der Waals surface area contributed by atoms with Crippen molar-refractivity contribution in [3.05, 3.63) is 30.3 Å². The van der Waals surface area contributed by atoms with Gasteiger partial charge in [-0.05, 0) is 38.2 Å². The highest BCUT2D eigenvalue weighted by Crippen LogP contribution is 2.04. The molecule has 0 aromatic heterocycles. The Morgan fingerprint density at radius 3 is 2.60 bits per heavy atom. The first kappa shape index (κ1) is 11.7. The molecule has 0 spiro atoms. The van der Waals surface area contributed by atoms with Crippen molar-refractivity contribution in [1.29, 1.82) is 0 Å². The quantitative estimate of drug-likeness (QED) is 0.457. The van der Waals surface area contributed by atoms with Crippen LogP contribution >= 0.6 is 12.2 Å². The second kappa shape index (κ2) is 6.14. The molecule has 15 heavy (non-hydrogen) atoms. The van der Waals surface area contributed by atoms with Crippen molar-refractivity contribution in [2.75, 3.05) is 11.9 Å². The Kier molecular flexibility index (Phi) is 4.77. The molecule has 0 aliphatic heterocycles. The highest BCUT2D eigenvalue weighted by atomic mass is 32.1. The Morgan fingerprint density at radius 2 is 2.00 bits per heavy atom. The first-order valence-electron chi connectivity index (χ1n) is 4.87. The van der Waals surface area contributed by atoms with Gasteiger partial charge in [-0.3, -0.25) is 0 Å². The van der Waals surface area contributed by atoms with Crippen LogP contribution in [-0.4, -0.2) is 17.5 Å². The fourth-order valence-electron chi connectivity index (χ4n) is 1.10. The zero-order valence-corrected chi connectivity index (χ0v) is 9.77. The summed E-state index contributed by atoms with van der Waals surface area (Å²) in [5.41, 5.74) is 1.01. The number of anilines is 1. The van der Waals surface area contributed by atoms with E-state index in [1.165, 1.54) is 0 Å². The molecule has 0 bridgehead atoms. The molecule has 0 saturated carbocycles. The van der Waals surface area contributed by atoms with Crippen LogP contribution in [0, 0.1) is 0 Å². The summed E-state index contributed by atoms with van der Waals surface area (Å²) in [6.45, 7) is 4.67. The number of amidine groups is 1. The van der Waals surface area contributed by atoms with Crippen molar-refractivity contribution in [2.24, 2.45) is 4.99 Å². The number of hydrogen-bond acceptors (Lipinski definition) is 1. The first-order chi connectivity index (χ1) is 7.22. The third-order valence-electron chi connectivity index (χ3n) is 1.70. The average Bonchev–Trinajstić information content (AvgIpc) is 2.19. The summed E-state index contributed by atoms with van der Waals surface area (Å²) in [6, 6.07) is 9.88. The summed E-state index contributed by atoms with van der Waals surface area (Å²) >= 11 is 5.01. The Balaban J connectivity index is 2.55. The van der Waals surface area contributed by atoms with Gasteiger partial charge in [-0.1, -0.05) is 18.2 Å². The number of hydrogen-bond donors (Lipinski definition) is 2. The van der Waals surface area contributed by atoms with Gasteiger partial charge in [0.2, 0.25) is 0 Å². The molecule has 0 fully saturated rings. The molecule has 0 heterocycles. The van der Waals surface area contributed by atoms with Gasteiger partial charge in [-0.25, -0.2) is 4.99 Å². The standard InChI is InChI=1S/C11H15N3S/c1-3-12-11(15)14-9(2)13-10-7-5-4-6-8-10/h4-8H,3H2,1-2H3,(H2,12,13,14,15). The number of nitrogens with zero attached hydrogens (tertiary/aromatic N) is 1. The summed E-state index contributed by atoms with van der Waals surface area (Å²) < 4.78 is 0. The largest absolute Gasteiger partial charge is 0.361 e. The molecule has 4 heteroatoms. The first-order valence-corrected chi connectivity index (χ1v) is 5.28. The molecule has 1 aromatic rings. The Hall–Kier alpha value is -1.42. The molecular formula is C11H15N3S. The Bertz CT molecular complexity index is 346. The molecule has 0 atom stereocenters. The van der Waals surface area contributed by atoms with Crippen molar-refractivity contribution in [1.82, 2.24) is 5.32 Å². The molecule has 80 valence electrons. The van der Waals surface area contributed by atoms with Crippen LogP contribution in [0.15, 0.2) is 35.3 Å². The van der Waals surface area contributed by atoms with Gasteiger partial charge in [0.15, 0.2) is 5.11 Å². The summed E-state index contributed by atoms with van der Waals surface area (Å²) in [5, 5.41) is 6.63. The predicted octanol–water partition coefficient (Wildman–Crippen LogP) is 2.41. The number of rotatable bonds is 2. The van der Waals surface area contributed by atoms with Gasteiger partial charge in [-0.15, -0.1) is 0 Å². The van der Waals surface area contributed by atoms with Crippen LogP contribution in [0.1, 0.15) is 13.8 Å². The van der Waals surface area contributed by atoms with Crippen LogP contribution < -0.4 is 10.6 Å². The molecule has 2 N–H and O–H groups in total. The summed E-state index contributed by atoms with van der Waals surface area (Å²) in [6.07, 6.45) is 0. The number of benzene rings is 1. The monoisotopic (exact) mass is 221 g/mol. The van der Waals surface area contributed by atoms with E-state index in [1.807, 2.05) is 44.2 Å². The van der Waals surface area contributed by atoms with E-state index in [2.05, 4.69) is 15.6 Å². The van der Waals surface area contributed by atoms with Crippen molar-refractivity contribution in [2.45, 2.75) is 13.8 Å². The van der Waals surface area contributed by atoms with E-state index in [1.54, 1.807) is 0 Å². The molecule has 1 aromatic carbocycles. The third-order valence-corrected chi connectivity index (χ3v) is 1.93. The van der Waals surface area contributed by atoms with Gasteiger partial charge in [0.1, 0.15) is 5.84 Å². The fraction of sp³-hybridized carbons (Fsp3) is 0.273. The predicted molar refractivity (Wildman–Crippen MR) is 69.4 cm³/mol. The maximum absolute atomic E-state index is 5.01. The zero-order valence-electron chi connectivity index (χ0n) is 8.95. The number of thiocarbonyl (C=S) groups is 1. The zero-order chi connectivity index (χ0) is 11.1. The molecule has 0 aliphatic rings. The fourth-order valence-corrected chi connectivity index (χ4v) is 1.38. The summed E-state index contributed by atoms with van der Waals surface area (Å²) in [4.78, 5) is 4.19. The molecular weight excluding hydrogens is 206 g/mol. The van der Waals surface area contributed by atoms with Gasteiger partial charge < -0.3 is 10.6 Å². The number of para-hydroxylation sites is 1. The van der Waals surface area contributed by atoms with Crippen LogP contribution in [0.3, 0.4) is 0 Å². The van der Waals surface area contributed by atoms with Gasteiger partial charge in [0, 0.05) is 12.2 Å². The van der Waals surface area contributed by atoms with Crippen molar-refractivity contribution >= 4 is 28.9 Å². The summed E-state index contributed by atoms with van der Waals surface area (Å²) in [5.74, 6) is 0.784. The van der Waals surface area contributed by atoms with E-state index < -0.39 is 0 Å². The summed E-state index contributed by atoms with van der Waals surface area (Å²) in [7, 11) is 0. The van der Waals surface area contributed by atoms with E-state index in [9.17, 15) is 0 Å². The van der Waals surface area contributed by atoms with Gasteiger partial charge in [0.25, 0.3) is 0 Å².